The number of aromatic nitrogens is 4. The molecule has 0 spiro atoms. The average Bonchev–Trinajstić information content (AvgIpc) is 2.73. The van der Waals surface area contributed by atoms with Crippen LogP contribution in [0.25, 0.3) is 16.8 Å². The number of benzene rings is 1. The second-order valence-corrected chi connectivity index (χ2v) is 3.52. The summed E-state index contributed by atoms with van der Waals surface area (Å²) < 4.78 is 1.73. The van der Waals surface area contributed by atoms with Crippen LogP contribution in [0.4, 0.5) is 0 Å². The van der Waals surface area contributed by atoms with Crippen molar-refractivity contribution in [3.8, 4) is 0 Å². The van der Waals surface area contributed by atoms with Crippen LogP contribution in [0, 0.1) is 0 Å². The Morgan fingerprint density at radius 3 is 2.88 bits per heavy atom. The molecule has 16 heavy (non-hydrogen) atoms. The van der Waals surface area contributed by atoms with Crippen molar-refractivity contribution in [2.24, 2.45) is 0 Å². The molecule has 1 aromatic carbocycles. The van der Waals surface area contributed by atoms with Gasteiger partial charge in [-0.25, -0.2) is 4.98 Å². The lowest BCUT2D eigenvalue weighted by molar-refractivity contribution is 0.101. The maximum atomic E-state index is 11.5. The first-order chi connectivity index (χ1) is 7.77. The fourth-order valence-corrected chi connectivity index (χ4v) is 1.73. The fourth-order valence-electron chi connectivity index (χ4n) is 1.73. The number of rotatable bonds is 1. The number of nitrogens with zero attached hydrogens (tertiary/aromatic N) is 4. The standard InChI is InChI=1S/C11H8N4O/c1-7(16)10-6-12-11-14-13-8-4-2-3-5-9(8)15(10)11/h2-6H,1H3. The molecule has 0 fully saturated rings. The highest BCUT2D eigenvalue weighted by Crippen LogP contribution is 2.14. The summed E-state index contributed by atoms with van der Waals surface area (Å²) in [5.41, 5.74) is 2.12. The maximum absolute atomic E-state index is 11.5. The summed E-state index contributed by atoms with van der Waals surface area (Å²) in [6, 6.07) is 7.53. The second kappa shape index (κ2) is 3.10. The van der Waals surface area contributed by atoms with Gasteiger partial charge in [0.25, 0.3) is 5.78 Å². The summed E-state index contributed by atoms with van der Waals surface area (Å²) in [5.74, 6) is 0.412. The molecule has 2 heterocycles. The normalized spacial score (nSPS) is 11.1. The predicted octanol–water partition coefficient (Wildman–Crippen LogP) is 1.48. The summed E-state index contributed by atoms with van der Waals surface area (Å²) in [4.78, 5) is 15.5. The van der Waals surface area contributed by atoms with E-state index in [2.05, 4.69) is 15.2 Å². The molecular formula is C11H8N4O. The van der Waals surface area contributed by atoms with Gasteiger partial charge in [-0.15, -0.1) is 10.2 Å². The first kappa shape index (κ1) is 8.96. The van der Waals surface area contributed by atoms with Crippen molar-refractivity contribution >= 4 is 22.6 Å². The Balaban J connectivity index is 2.56. The predicted molar refractivity (Wildman–Crippen MR) is 58.3 cm³/mol. The van der Waals surface area contributed by atoms with Gasteiger partial charge in [-0.3, -0.25) is 9.20 Å². The molecule has 0 atom stereocenters. The minimum Gasteiger partial charge on any atom is -0.293 e. The Kier molecular flexibility index (Phi) is 1.73. The van der Waals surface area contributed by atoms with Crippen molar-refractivity contribution in [2.45, 2.75) is 6.92 Å². The van der Waals surface area contributed by atoms with Crippen molar-refractivity contribution in [2.75, 3.05) is 0 Å². The maximum Gasteiger partial charge on any atom is 0.254 e. The Morgan fingerprint density at radius 2 is 2.06 bits per heavy atom. The number of hydrogen-bond acceptors (Lipinski definition) is 4. The summed E-state index contributed by atoms with van der Waals surface area (Å²) in [6.07, 6.45) is 1.53. The minimum atomic E-state index is -0.0364. The lowest BCUT2D eigenvalue weighted by atomic mass is 10.3. The molecule has 0 amide bonds. The number of ketones is 1. The highest BCUT2D eigenvalue weighted by molar-refractivity contribution is 5.94. The molecule has 0 aliphatic carbocycles. The van der Waals surface area contributed by atoms with Crippen LogP contribution in [0.2, 0.25) is 0 Å². The highest BCUT2D eigenvalue weighted by Gasteiger charge is 2.11. The van der Waals surface area contributed by atoms with Crippen molar-refractivity contribution in [1.29, 1.82) is 0 Å². The van der Waals surface area contributed by atoms with Gasteiger partial charge in [-0.05, 0) is 12.1 Å². The van der Waals surface area contributed by atoms with E-state index in [0.717, 1.165) is 11.0 Å². The first-order valence-electron chi connectivity index (χ1n) is 4.87. The third kappa shape index (κ3) is 1.11. The molecule has 0 N–H and O–H groups in total. The van der Waals surface area contributed by atoms with Gasteiger partial charge in [0.1, 0.15) is 11.2 Å². The lowest BCUT2D eigenvalue weighted by Crippen LogP contribution is -2.02. The number of carbonyl (C=O) groups excluding carboxylic acids is 1. The molecule has 5 nitrogen and oxygen atoms in total. The van der Waals surface area contributed by atoms with E-state index < -0.39 is 0 Å². The van der Waals surface area contributed by atoms with Crippen molar-refractivity contribution < 1.29 is 4.79 Å². The van der Waals surface area contributed by atoms with Crippen molar-refractivity contribution in [1.82, 2.24) is 19.6 Å². The largest absolute Gasteiger partial charge is 0.293 e. The number of carbonyl (C=O) groups is 1. The topological polar surface area (TPSA) is 60.2 Å². The molecule has 78 valence electrons. The van der Waals surface area contributed by atoms with E-state index in [1.165, 1.54) is 13.1 Å². The number of para-hydroxylation sites is 1. The zero-order valence-corrected chi connectivity index (χ0v) is 8.58. The van der Waals surface area contributed by atoms with Gasteiger partial charge in [-0.2, -0.15) is 0 Å². The van der Waals surface area contributed by atoms with Crippen LogP contribution in [0.3, 0.4) is 0 Å². The second-order valence-electron chi connectivity index (χ2n) is 3.52. The molecule has 0 bridgehead atoms. The average molecular weight is 212 g/mol. The molecular weight excluding hydrogens is 204 g/mol. The van der Waals surface area contributed by atoms with Crippen LogP contribution in [0.15, 0.2) is 30.5 Å². The highest BCUT2D eigenvalue weighted by atomic mass is 16.1. The van der Waals surface area contributed by atoms with E-state index in [1.807, 2.05) is 24.3 Å². The van der Waals surface area contributed by atoms with Crippen LogP contribution in [-0.2, 0) is 0 Å². The fraction of sp³-hybridized carbons (Fsp3) is 0.0909. The quantitative estimate of drug-likeness (QED) is 0.573. The number of fused-ring (bicyclic) bond motifs is 3. The molecule has 0 radical (unpaired) electrons. The summed E-state index contributed by atoms with van der Waals surface area (Å²) >= 11 is 0. The van der Waals surface area contributed by atoms with Crippen LogP contribution in [-0.4, -0.2) is 25.4 Å². The van der Waals surface area contributed by atoms with Crippen LogP contribution < -0.4 is 0 Å². The lowest BCUT2D eigenvalue weighted by Gasteiger charge is -2.01. The molecule has 0 aliphatic heterocycles. The monoisotopic (exact) mass is 212 g/mol. The smallest absolute Gasteiger partial charge is 0.254 e. The van der Waals surface area contributed by atoms with E-state index in [4.69, 9.17) is 0 Å². The van der Waals surface area contributed by atoms with Crippen LogP contribution in [0.1, 0.15) is 17.4 Å². The summed E-state index contributed by atoms with van der Waals surface area (Å²) in [7, 11) is 0. The molecule has 0 saturated carbocycles. The third-order valence-electron chi connectivity index (χ3n) is 2.47. The molecule has 3 rings (SSSR count). The summed E-state index contributed by atoms with van der Waals surface area (Å²) in [5, 5.41) is 8.00. The SMILES string of the molecule is CC(=O)c1cnc2nnc3ccccc3n12. The zero-order valence-electron chi connectivity index (χ0n) is 8.58. The number of Topliss-reactive ketones (excluding diaryl/α,β-unsaturated/α-hetero) is 1. The molecule has 0 aliphatic rings. The first-order valence-corrected chi connectivity index (χ1v) is 4.87. The van der Waals surface area contributed by atoms with E-state index in [0.29, 0.717) is 11.5 Å². The van der Waals surface area contributed by atoms with Gasteiger partial charge in [0, 0.05) is 6.92 Å². The van der Waals surface area contributed by atoms with Crippen molar-refractivity contribution in [3.63, 3.8) is 0 Å². The van der Waals surface area contributed by atoms with Gasteiger partial charge in [0.2, 0.25) is 0 Å². The van der Waals surface area contributed by atoms with Gasteiger partial charge in [-0.1, -0.05) is 12.1 Å². The summed E-state index contributed by atoms with van der Waals surface area (Å²) in [6.45, 7) is 1.51. The molecule has 0 saturated heterocycles. The molecule has 5 heteroatoms. The molecule has 2 aromatic heterocycles. The Morgan fingerprint density at radius 1 is 1.25 bits per heavy atom. The van der Waals surface area contributed by atoms with Gasteiger partial charge >= 0.3 is 0 Å². The van der Waals surface area contributed by atoms with E-state index in [1.54, 1.807) is 4.40 Å². The number of hydrogen-bond donors (Lipinski definition) is 0. The zero-order chi connectivity index (χ0) is 11.1. The van der Waals surface area contributed by atoms with Gasteiger partial charge in [0.15, 0.2) is 5.78 Å². The van der Waals surface area contributed by atoms with Crippen molar-refractivity contribution in [3.05, 3.63) is 36.2 Å². The van der Waals surface area contributed by atoms with E-state index in [9.17, 15) is 4.79 Å². The van der Waals surface area contributed by atoms with Crippen LogP contribution >= 0.6 is 0 Å². The molecule has 3 aromatic rings. The van der Waals surface area contributed by atoms with E-state index >= 15 is 0 Å². The van der Waals surface area contributed by atoms with Gasteiger partial charge in [0.05, 0.1) is 11.7 Å². The molecule has 0 unspecified atom stereocenters. The van der Waals surface area contributed by atoms with E-state index in [-0.39, 0.29) is 5.78 Å². The Hall–Kier alpha value is -2.30. The Labute approximate surface area is 90.8 Å². The Bertz CT molecular complexity index is 701. The third-order valence-corrected chi connectivity index (χ3v) is 2.47. The van der Waals surface area contributed by atoms with Gasteiger partial charge < -0.3 is 0 Å². The minimum absolute atomic E-state index is 0.0364. The number of imidazole rings is 1. The van der Waals surface area contributed by atoms with Crippen LogP contribution in [0.5, 0.6) is 0 Å².